The monoisotopic (exact) mass is 349 g/mol. The van der Waals surface area contributed by atoms with Gasteiger partial charge in [-0.05, 0) is 31.0 Å². The topological polar surface area (TPSA) is 68.8 Å². The summed E-state index contributed by atoms with van der Waals surface area (Å²) in [6.45, 7) is -0.0746. The molecule has 120 valence electrons. The van der Waals surface area contributed by atoms with Crippen LogP contribution in [0.25, 0.3) is 11.0 Å². The van der Waals surface area contributed by atoms with Crippen molar-refractivity contribution in [2.75, 3.05) is 0 Å². The fourth-order valence-electron chi connectivity index (χ4n) is 2.69. The molecule has 0 spiro atoms. The molecule has 1 aliphatic carbocycles. The third-order valence-electron chi connectivity index (χ3n) is 4.05. The van der Waals surface area contributed by atoms with Crippen LogP contribution in [-0.4, -0.2) is 29.4 Å². The van der Waals surface area contributed by atoms with Crippen LogP contribution in [0.4, 0.5) is 0 Å². The van der Waals surface area contributed by atoms with Crippen molar-refractivity contribution < 1.29 is 5.11 Å². The molecule has 0 radical (unpaired) electrons. The summed E-state index contributed by atoms with van der Waals surface area (Å²) in [7, 11) is 2.00. The van der Waals surface area contributed by atoms with Crippen molar-refractivity contribution in [3.63, 3.8) is 0 Å². The van der Waals surface area contributed by atoms with Crippen LogP contribution in [-0.2, 0) is 19.4 Å². The van der Waals surface area contributed by atoms with Crippen LogP contribution in [0.3, 0.4) is 0 Å². The average Bonchev–Trinajstić information content (AvgIpc) is 3.23. The Bertz CT molecular complexity index is 870. The first-order valence-corrected chi connectivity index (χ1v) is 8.82. The molecule has 1 aliphatic rings. The quantitative estimate of drug-likeness (QED) is 0.717. The Morgan fingerprint density at radius 3 is 2.87 bits per heavy atom. The second-order valence-corrected chi connectivity index (χ2v) is 7.05. The van der Waals surface area contributed by atoms with Crippen LogP contribution in [0, 0.1) is 0 Å². The summed E-state index contributed by atoms with van der Waals surface area (Å²) in [6, 6.07) is 6.17. The van der Waals surface area contributed by atoms with Gasteiger partial charge in [0.05, 0.1) is 16.8 Å². The van der Waals surface area contributed by atoms with Gasteiger partial charge < -0.3 is 14.2 Å². The summed E-state index contributed by atoms with van der Waals surface area (Å²) in [4.78, 5) is 4.66. The maximum absolute atomic E-state index is 9.40. The molecule has 0 aliphatic heterocycles. The lowest BCUT2D eigenvalue weighted by molar-refractivity contribution is 0.263. The van der Waals surface area contributed by atoms with Gasteiger partial charge in [0, 0.05) is 18.1 Å². The van der Waals surface area contributed by atoms with E-state index in [0.717, 1.165) is 34.9 Å². The number of benzene rings is 1. The first-order chi connectivity index (χ1) is 11.2. The van der Waals surface area contributed by atoms with Crippen molar-refractivity contribution in [2.45, 2.75) is 36.4 Å². The number of thioether (sulfide) groups is 1. The van der Waals surface area contributed by atoms with E-state index < -0.39 is 0 Å². The number of rotatable bonds is 5. The molecule has 1 aromatic carbocycles. The predicted octanol–water partition coefficient (Wildman–Crippen LogP) is 2.94. The highest BCUT2D eigenvalue weighted by Gasteiger charge is 2.29. The van der Waals surface area contributed by atoms with Gasteiger partial charge in [0.1, 0.15) is 12.4 Å². The largest absolute Gasteiger partial charge is 0.388 e. The molecular weight excluding hydrogens is 334 g/mol. The van der Waals surface area contributed by atoms with Crippen LogP contribution >= 0.6 is 23.4 Å². The van der Waals surface area contributed by atoms with Gasteiger partial charge in [-0.25, -0.2) is 4.98 Å². The highest BCUT2D eigenvalue weighted by molar-refractivity contribution is 7.98. The number of aromatic nitrogens is 5. The molecule has 6 nitrogen and oxygen atoms in total. The minimum absolute atomic E-state index is 0.0746. The van der Waals surface area contributed by atoms with Crippen molar-refractivity contribution in [1.82, 2.24) is 24.3 Å². The Hall–Kier alpha value is -1.57. The minimum Gasteiger partial charge on any atom is -0.388 e. The van der Waals surface area contributed by atoms with Gasteiger partial charge in [0.25, 0.3) is 0 Å². The molecule has 0 atom stereocenters. The van der Waals surface area contributed by atoms with E-state index in [2.05, 4.69) is 24.3 Å². The molecule has 1 fully saturated rings. The summed E-state index contributed by atoms with van der Waals surface area (Å²) < 4.78 is 4.13. The normalized spacial score (nSPS) is 14.7. The number of aryl methyl sites for hydroxylation is 1. The SMILES string of the molecule is Cn1c(CSc2nnc(CO)n2C2CC2)nc2cc(Cl)ccc21. The fourth-order valence-corrected chi connectivity index (χ4v) is 3.87. The molecule has 0 amide bonds. The maximum Gasteiger partial charge on any atom is 0.191 e. The van der Waals surface area contributed by atoms with Gasteiger partial charge in [-0.2, -0.15) is 0 Å². The standard InChI is InChI=1S/C15H16ClN5OS/c1-20-12-5-2-9(16)6-11(12)17-14(20)8-23-15-19-18-13(7-22)21(15)10-3-4-10/h2,5-6,10,22H,3-4,7-8H2,1H3. The third kappa shape index (κ3) is 2.73. The number of halogens is 1. The Labute approximate surface area is 142 Å². The number of imidazole rings is 1. The second-order valence-electron chi connectivity index (χ2n) is 5.67. The highest BCUT2D eigenvalue weighted by atomic mass is 35.5. The van der Waals surface area contributed by atoms with Crippen LogP contribution in [0.5, 0.6) is 0 Å². The molecule has 3 aromatic rings. The highest BCUT2D eigenvalue weighted by Crippen LogP contribution is 2.39. The van der Waals surface area contributed by atoms with E-state index >= 15 is 0 Å². The van der Waals surface area contributed by atoms with Gasteiger partial charge >= 0.3 is 0 Å². The lowest BCUT2D eigenvalue weighted by Crippen LogP contribution is -2.03. The molecule has 2 aromatic heterocycles. The zero-order valence-electron chi connectivity index (χ0n) is 12.6. The number of nitrogens with zero attached hydrogens (tertiary/aromatic N) is 5. The predicted molar refractivity (Wildman–Crippen MR) is 89.5 cm³/mol. The number of aliphatic hydroxyl groups excluding tert-OH is 1. The molecule has 23 heavy (non-hydrogen) atoms. The molecule has 1 N–H and O–H groups in total. The van der Waals surface area contributed by atoms with Crippen molar-refractivity contribution in [3.8, 4) is 0 Å². The Balaban J connectivity index is 1.60. The van der Waals surface area contributed by atoms with Gasteiger partial charge in [-0.15, -0.1) is 10.2 Å². The third-order valence-corrected chi connectivity index (χ3v) is 5.23. The van der Waals surface area contributed by atoms with E-state index in [1.165, 1.54) is 0 Å². The smallest absolute Gasteiger partial charge is 0.191 e. The Kier molecular flexibility index (Phi) is 3.79. The zero-order chi connectivity index (χ0) is 16.0. The first kappa shape index (κ1) is 15.0. The lowest BCUT2D eigenvalue weighted by atomic mass is 10.3. The van der Waals surface area contributed by atoms with E-state index in [1.807, 2.05) is 25.2 Å². The van der Waals surface area contributed by atoms with E-state index in [9.17, 15) is 5.11 Å². The number of fused-ring (bicyclic) bond motifs is 1. The van der Waals surface area contributed by atoms with Crippen molar-refractivity contribution in [2.24, 2.45) is 7.05 Å². The van der Waals surface area contributed by atoms with Crippen LogP contribution in [0.2, 0.25) is 5.02 Å². The average molecular weight is 350 g/mol. The molecule has 2 heterocycles. The number of aliphatic hydroxyl groups is 1. The van der Waals surface area contributed by atoms with Crippen molar-refractivity contribution in [3.05, 3.63) is 34.9 Å². The maximum atomic E-state index is 9.40. The van der Waals surface area contributed by atoms with E-state index in [0.29, 0.717) is 22.6 Å². The molecule has 0 saturated heterocycles. The number of hydrogen-bond donors (Lipinski definition) is 1. The van der Waals surface area contributed by atoms with Crippen molar-refractivity contribution >= 4 is 34.4 Å². The Morgan fingerprint density at radius 1 is 1.30 bits per heavy atom. The molecule has 1 saturated carbocycles. The first-order valence-electron chi connectivity index (χ1n) is 7.45. The van der Waals surface area contributed by atoms with Gasteiger partial charge in [0.2, 0.25) is 0 Å². The molecule has 8 heteroatoms. The summed E-state index contributed by atoms with van der Waals surface area (Å²) in [5.74, 6) is 2.30. The molecule has 0 unspecified atom stereocenters. The summed E-state index contributed by atoms with van der Waals surface area (Å²) in [6.07, 6.45) is 2.26. The minimum atomic E-state index is -0.0746. The summed E-state index contributed by atoms with van der Waals surface area (Å²) in [5.41, 5.74) is 1.96. The van der Waals surface area contributed by atoms with Gasteiger partial charge in [-0.1, -0.05) is 23.4 Å². The van der Waals surface area contributed by atoms with E-state index in [4.69, 9.17) is 11.6 Å². The summed E-state index contributed by atoms with van der Waals surface area (Å²) >= 11 is 7.63. The van der Waals surface area contributed by atoms with E-state index in [1.54, 1.807) is 11.8 Å². The van der Waals surface area contributed by atoms with Gasteiger partial charge in [-0.3, -0.25) is 0 Å². The van der Waals surface area contributed by atoms with Crippen molar-refractivity contribution in [1.29, 1.82) is 0 Å². The van der Waals surface area contributed by atoms with Crippen LogP contribution in [0.1, 0.15) is 30.5 Å². The van der Waals surface area contributed by atoms with Crippen LogP contribution in [0.15, 0.2) is 23.4 Å². The van der Waals surface area contributed by atoms with E-state index in [-0.39, 0.29) is 6.61 Å². The molecular formula is C15H16ClN5OS. The fraction of sp³-hybridized carbons (Fsp3) is 0.400. The molecule has 0 bridgehead atoms. The number of hydrogen-bond acceptors (Lipinski definition) is 5. The zero-order valence-corrected chi connectivity index (χ0v) is 14.2. The lowest BCUT2D eigenvalue weighted by Gasteiger charge is -2.07. The van der Waals surface area contributed by atoms with Gasteiger partial charge in [0.15, 0.2) is 11.0 Å². The van der Waals surface area contributed by atoms with Crippen LogP contribution < -0.4 is 0 Å². The Morgan fingerprint density at radius 2 is 2.13 bits per heavy atom. The summed E-state index contributed by atoms with van der Waals surface area (Å²) in [5, 5.41) is 19.2. The second kappa shape index (κ2) is 5.81. The molecule has 4 rings (SSSR count).